The first kappa shape index (κ1) is 14.0. The van der Waals surface area contributed by atoms with Gasteiger partial charge in [0.2, 0.25) is 0 Å². The molecule has 1 saturated heterocycles. The Morgan fingerprint density at radius 3 is 2.78 bits per heavy atom. The van der Waals surface area contributed by atoms with E-state index in [1.807, 2.05) is 11.3 Å². The number of aryl methyl sites for hydroxylation is 2. The van der Waals surface area contributed by atoms with E-state index in [1.54, 1.807) is 0 Å². The van der Waals surface area contributed by atoms with E-state index >= 15 is 0 Å². The largest absolute Gasteiger partial charge is 0.310 e. The maximum Gasteiger partial charge on any atom is 0.0900 e. The van der Waals surface area contributed by atoms with Crippen LogP contribution >= 0.6 is 11.3 Å². The zero-order chi connectivity index (χ0) is 13.2. The third-order valence-corrected chi connectivity index (χ3v) is 5.09. The van der Waals surface area contributed by atoms with Crippen LogP contribution in [0.15, 0.2) is 0 Å². The van der Waals surface area contributed by atoms with Gasteiger partial charge in [-0.3, -0.25) is 0 Å². The lowest BCUT2D eigenvalue weighted by Crippen LogP contribution is -2.52. The molecule has 3 nitrogen and oxygen atoms in total. The predicted octanol–water partition coefficient (Wildman–Crippen LogP) is 2.94. The van der Waals surface area contributed by atoms with Crippen LogP contribution in [0, 0.1) is 13.8 Å². The Labute approximate surface area is 114 Å². The van der Waals surface area contributed by atoms with Gasteiger partial charge in [-0.2, -0.15) is 0 Å². The summed E-state index contributed by atoms with van der Waals surface area (Å²) in [6.07, 6.45) is 3.93. The van der Waals surface area contributed by atoms with Gasteiger partial charge in [-0.05, 0) is 47.1 Å². The van der Waals surface area contributed by atoms with E-state index in [-0.39, 0.29) is 5.54 Å². The minimum Gasteiger partial charge on any atom is -0.310 e. The molecule has 1 aliphatic rings. The van der Waals surface area contributed by atoms with Crippen molar-refractivity contribution in [2.24, 2.45) is 0 Å². The molecule has 0 bridgehead atoms. The summed E-state index contributed by atoms with van der Waals surface area (Å²) in [6, 6.07) is 0.400. The molecule has 0 amide bonds. The van der Waals surface area contributed by atoms with E-state index in [1.165, 1.54) is 29.8 Å². The molecule has 4 heteroatoms. The van der Waals surface area contributed by atoms with Crippen molar-refractivity contribution in [1.82, 2.24) is 15.6 Å². The molecule has 2 heterocycles. The van der Waals surface area contributed by atoms with Crippen LogP contribution in [0.3, 0.4) is 0 Å². The zero-order valence-electron chi connectivity index (χ0n) is 12.0. The summed E-state index contributed by atoms with van der Waals surface area (Å²) >= 11 is 1.81. The average Bonchev–Trinajstić information content (AvgIpc) is 2.67. The summed E-state index contributed by atoms with van der Waals surface area (Å²) in [5, 5.41) is 8.48. The van der Waals surface area contributed by atoms with Gasteiger partial charge in [-0.25, -0.2) is 4.98 Å². The highest BCUT2D eigenvalue weighted by atomic mass is 32.1. The Balaban J connectivity index is 1.91. The third kappa shape index (κ3) is 3.31. The van der Waals surface area contributed by atoms with Crippen LogP contribution in [0.1, 0.15) is 54.7 Å². The molecule has 0 radical (unpaired) electrons. The van der Waals surface area contributed by atoms with Crippen LogP contribution in [-0.2, 0) is 0 Å². The van der Waals surface area contributed by atoms with Crippen molar-refractivity contribution in [3.05, 3.63) is 15.6 Å². The normalized spacial score (nSPS) is 26.2. The van der Waals surface area contributed by atoms with Gasteiger partial charge in [-0.1, -0.05) is 6.42 Å². The summed E-state index contributed by atoms with van der Waals surface area (Å²) in [6.45, 7) is 11.0. The van der Waals surface area contributed by atoms with Crippen LogP contribution < -0.4 is 10.6 Å². The van der Waals surface area contributed by atoms with Crippen molar-refractivity contribution in [1.29, 1.82) is 0 Å². The van der Waals surface area contributed by atoms with E-state index < -0.39 is 0 Å². The molecule has 2 atom stereocenters. The molecule has 0 saturated carbocycles. The predicted molar refractivity (Wildman–Crippen MR) is 78.3 cm³/mol. The molecule has 2 rings (SSSR count). The van der Waals surface area contributed by atoms with Crippen molar-refractivity contribution >= 4 is 11.3 Å². The molecular formula is C14H25N3S. The Hall–Kier alpha value is -0.450. The smallest absolute Gasteiger partial charge is 0.0900 e. The fourth-order valence-corrected chi connectivity index (χ4v) is 3.64. The zero-order valence-corrected chi connectivity index (χ0v) is 12.8. The number of piperidine rings is 1. The minimum atomic E-state index is 0.264. The van der Waals surface area contributed by atoms with Crippen molar-refractivity contribution in [3.63, 3.8) is 0 Å². The van der Waals surface area contributed by atoms with Crippen LogP contribution in [-0.4, -0.2) is 23.6 Å². The number of hydrogen-bond donors (Lipinski definition) is 2. The molecule has 18 heavy (non-hydrogen) atoms. The molecule has 2 N–H and O–H groups in total. The van der Waals surface area contributed by atoms with E-state index in [2.05, 4.69) is 43.3 Å². The van der Waals surface area contributed by atoms with Gasteiger partial charge in [-0.15, -0.1) is 11.3 Å². The highest BCUT2D eigenvalue weighted by Gasteiger charge is 2.26. The number of nitrogens with one attached hydrogen (secondary N) is 2. The molecule has 0 spiro atoms. The summed E-state index contributed by atoms with van der Waals surface area (Å²) < 4.78 is 0. The monoisotopic (exact) mass is 267 g/mol. The summed E-state index contributed by atoms with van der Waals surface area (Å²) in [7, 11) is 0. The summed E-state index contributed by atoms with van der Waals surface area (Å²) in [5.74, 6) is 0. The Bertz CT molecular complexity index is 394. The van der Waals surface area contributed by atoms with E-state index in [9.17, 15) is 0 Å². The first-order chi connectivity index (χ1) is 8.50. The molecule has 0 aliphatic carbocycles. The van der Waals surface area contributed by atoms with Crippen molar-refractivity contribution < 1.29 is 0 Å². The van der Waals surface area contributed by atoms with Crippen molar-refractivity contribution in [2.45, 2.75) is 58.5 Å². The van der Waals surface area contributed by atoms with E-state index in [4.69, 9.17) is 0 Å². The quantitative estimate of drug-likeness (QED) is 0.880. The third-order valence-electron chi connectivity index (χ3n) is 3.84. The van der Waals surface area contributed by atoms with Crippen LogP contribution in [0.4, 0.5) is 0 Å². The van der Waals surface area contributed by atoms with Gasteiger partial charge in [0.05, 0.1) is 10.7 Å². The molecule has 102 valence electrons. The van der Waals surface area contributed by atoms with Gasteiger partial charge < -0.3 is 10.6 Å². The molecule has 1 aromatic heterocycles. The second-order valence-corrected chi connectivity index (χ2v) is 6.96. The molecule has 2 unspecified atom stereocenters. The number of hydrogen-bond acceptors (Lipinski definition) is 4. The molecule has 1 fully saturated rings. The first-order valence-corrected chi connectivity index (χ1v) is 7.74. The topological polar surface area (TPSA) is 37.0 Å². The van der Waals surface area contributed by atoms with Gasteiger partial charge in [0.25, 0.3) is 0 Å². The molecule has 0 aromatic carbocycles. The maximum atomic E-state index is 4.51. The Kier molecular flexibility index (Phi) is 4.41. The van der Waals surface area contributed by atoms with E-state index in [0.29, 0.717) is 6.04 Å². The van der Waals surface area contributed by atoms with Gasteiger partial charge in [0.1, 0.15) is 0 Å². The van der Waals surface area contributed by atoms with Gasteiger partial charge >= 0.3 is 0 Å². The fourth-order valence-electron chi connectivity index (χ4n) is 2.69. The number of rotatable bonds is 4. The summed E-state index contributed by atoms with van der Waals surface area (Å²) in [5.41, 5.74) is 1.44. The van der Waals surface area contributed by atoms with Gasteiger partial charge in [0, 0.05) is 23.0 Å². The number of thiazole rings is 1. The minimum absolute atomic E-state index is 0.264. The van der Waals surface area contributed by atoms with Crippen LogP contribution in [0.25, 0.3) is 0 Å². The highest BCUT2D eigenvalue weighted by molar-refractivity contribution is 7.11. The van der Waals surface area contributed by atoms with Crippen molar-refractivity contribution in [2.75, 3.05) is 13.1 Å². The lowest BCUT2D eigenvalue weighted by atomic mass is 9.90. The number of nitrogens with zero attached hydrogens (tertiary/aromatic N) is 1. The lowest BCUT2D eigenvalue weighted by molar-refractivity contribution is 0.260. The first-order valence-electron chi connectivity index (χ1n) is 6.92. The van der Waals surface area contributed by atoms with Gasteiger partial charge in [0.15, 0.2) is 0 Å². The fraction of sp³-hybridized carbons (Fsp3) is 0.786. The van der Waals surface area contributed by atoms with Crippen LogP contribution in [0.5, 0.6) is 0 Å². The second-order valence-electron chi connectivity index (χ2n) is 5.73. The van der Waals surface area contributed by atoms with E-state index in [0.717, 1.165) is 18.1 Å². The second kappa shape index (κ2) is 5.68. The van der Waals surface area contributed by atoms with Crippen molar-refractivity contribution in [3.8, 4) is 0 Å². The maximum absolute atomic E-state index is 4.51. The molecular weight excluding hydrogens is 242 g/mol. The number of aromatic nitrogens is 1. The molecule has 1 aromatic rings. The average molecular weight is 267 g/mol. The Morgan fingerprint density at radius 2 is 2.22 bits per heavy atom. The molecule has 1 aliphatic heterocycles. The Morgan fingerprint density at radius 1 is 1.44 bits per heavy atom. The highest BCUT2D eigenvalue weighted by Crippen LogP contribution is 2.25. The summed E-state index contributed by atoms with van der Waals surface area (Å²) in [4.78, 5) is 5.89. The van der Waals surface area contributed by atoms with Crippen LogP contribution in [0.2, 0.25) is 0 Å². The standard InChI is InChI=1S/C14H25N3S/c1-10(13-11(2)17-12(3)18-13)15-9-14(4)7-5-6-8-16-14/h10,15-16H,5-9H2,1-4H3. The lowest BCUT2D eigenvalue weighted by Gasteiger charge is -2.36. The SMILES string of the molecule is Cc1nc(C)c(C(C)NCC2(C)CCCCN2)s1.